The van der Waals surface area contributed by atoms with E-state index in [2.05, 4.69) is 20.0 Å². The molecule has 3 rings (SSSR count). The van der Waals surface area contributed by atoms with Crippen molar-refractivity contribution in [3.63, 3.8) is 0 Å². The van der Waals surface area contributed by atoms with Crippen LogP contribution < -0.4 is 4.74 Å². The third-order valence-corrected chi connectivity index (χ3v) is 2.80. The normalized spacial score (nSPS) is 10.4. The molecule has 0 aliphatic rings. The van der Waals surface area contributed by atoms with E-state index in [1.165, 1.54) is 7.11 Å². The van der Waals surface area contributed by atoms with Gasteiger partial charge in [0.25, 0.3) is 0 Å². The maximum Gasteiger partial charge on any atom is 0.156 e. The molecule has 0 unspecified atom stereocenters. The average molecular weight is 251 g/mol. The summed E-state index contributed by atoms with van der Waals surface area (Å²) >= 11 is 0. The summed E-state index contributed by atoms with van der Waals surface area (Å²) in [7, 11) is 1.52. The predicted molar refractivity (Wildman–Crippen MR) is 72.4 cm³/mol. The SMILES string of the molecule is COc1c(N=[N+]=[N-])ccc2nc3ccccc3nc12. The van der Waals surface area contributed by atoms with Gasteiger partial charge in [-0.1, -0.05) is 17.2 Å². The largest absolute Gasteiger partial charge is 0.494 e. The van der Waals surface area contributed by atoms with Crippen LogP contribution in [-0.4, -0.2) is 17.1 Å². The van der Waals surface area contributed by atoms with E-state index in [9.17, 15) is 0 Å². The van der Waals surface area contributed by atoms with Crippen LogP contribution in [0.3, 0.4) is 0 Å². The van der Waals surface area contributed by atoms with Crippen LogP contribution in [0.1, 0.15) is 0 Å². The first-order valence-corrected chi connectivity index (χ1v) is 5.62. The lowest BCUT2D eigenvalue weighted by Gasteiger charge is -2.08. The second kappa shape index (κ2) is 4.44. The first-order chi connectivity index (χ1) is 9.33. The number of benzene rings is 2. The minimum atomic E-state index is 0.405. The second-order valence-electron chi connectivity index (χ2n) is 3.89. The van der Waals surface area contributed by atoms with Gasteiger partial charge in [-0.25, -0.2) is 9.97 Å². The highest BCUT2D eigenvalue weighted by Crippen LogP contribution is 2.34. The fourth-order valence-corrected chi connectivity index (χ4v) is 1.98. The Bertz CT molecular complexity index is 824. The number of hydrogen-bond acceptors (Lipinski definition) is 4. The van der Waals surface area contributed by atoms with Crippen LogP contribution >= 0.6 is 0 Å². The fourth-order valence-electron chi connectivity index (χ4n) is 1.98. The van der Waals surface area contributed by atoms with Gasteiger partial charge < -0.3 is 4.74 Å². The van der Waals surface area contributed by atoms with E-state index < -0.39 is 0 Å². The molecule has 1 heterocycles. The zero-order valence-electron chi connectivity index (χ0n) is 10.1. The zero-order valence-corrected chi connectivity index (χ0v) is 10.1. The molecule has 0 fully saturated rings. The summed E-state index contributed by atoms with van der Waals surface area (Å²) in [5, 5.41) is 3.60. The van der Waals surface area contributed by atoms with Crippen molar-refractivity contribution in [1.29, 1.82) is 0 Å². The molecule has 3 aromatic rings. The molecule has 0 saturated carbocycles. The minimum absolute atomic E-state index is 0.405. The van der Waals surface area contributed by atoms with Crippen molar-refractivity contribution in [3.05, 3.63) is 46.8 Å². The number of nitrogens with zero attached hydrogens (tertiary/aromatic N) is 5. The number of azide groups is 1. The van der Waals surface area contributed by atoms with Crippen molar-refractivity contribution >= 4 is 27.8 Å². The van der Waals surface area contributed by atoms with E-state index in [1.807, 2.05) is 24.3 Å². The quantitative estimate of drug-likeness (QED) is 0.301. The van der Waals surface area contributed by atoms with Crippen LogP contribution in [0, 0.1) is 0 Å². The Morgan fingerprint density at radius 2 is 1.79 bits per heavy atom. The third kappa shape index (κ3) is 1.80. The summed E-state index contributed by atoms with van der Waals surface area (Å²) in [6.45, 7) is 0. The Labute approximate surface area is 108 Å². The van der Waals surface area contributed by atoms with Crippen LogP contribution in [0.5, 0.6) is 5.75 Å². The van der Waals surface area contributed by atoms with Crippen LogP contribution in [-0.2, 0) is 0 Å². The summed E-state index contributed by atoms with van der Waals surface area (Å²) in [5.74, 6) is 0.438. The molecule has 6 heteroatoms. The topological polar surface area (TPSA) is 83.8 Å². The van der Waals surface area contributed by atoms with Gasteiger partial charge in [-0.05, 0) is 29.8 Å². The van der Waals surface area contributed by atoms with Crippen molar-refractivity contribution in [2.24, 2.45) is 5.11 Å². The second-order valence-corrected chi connectivity index (χ2v) is 3.89. The summed E-state index contributed by atoms with van der Waals surface area (Å²) in [6, 6.07) is 11.0. The Kier molecular flexibility index (Phi) is 2.63. The predicted octanol–water partition coefficient (Wildman–Crippen LogP) is 3.73. The number of fused-ring (bicyclic) bond motifs is 2. The van der Waals surface area contributed by atoms with Gasteiger partial charge in [0, 0.05) is 4.91 Å². The lowest BCUT2D eigenvalue weighted by Crippen LogP contribution is -1.92. The van der Waals surface area contributed by atoms with Crippen LogP contribution in [0.2, 0.25) is 0 Å². The van der Waals surface area contributed by atoms with Gasteiger partial charge in [0.05, 0.1) is 29.3 Å². The van der Waals surface area contributed by atoms with Gasteiger partial charge in [-0.3, -0.25) is 0 Å². The molecule has 0 amide bonds. The van der Waals surface area contributed by atoms with Gasteiger partial charge in [-0.2, -0.15) is 0 Å². The highest BCUT2D eigenvalue weighted by molar-refractivity contribution is 5.92. The number of rotatable bonds is 2. The molecule has 0 saturated heterocycles. The van der Waals surface area contributed by atoms with Gasteiger partial charge in [-0.15, -0.1) is 0 Å². The van der Waals surface area contributed by atoms with E-state index in [1.54, 1.807) is 12.1 Å². The fraction of sp³-hybridized carbons (Fsp3) is 0.0769. The van der Waals surface area contributed by atoms with E-state index >= 15 is 0 Å². The monoisotopic (exact) mass is 251 g/mol. The summed E-state index contributed by atoms with van der Waals surface area (Å²) < 4.78 is 5.29. The molecule has 0 aliphatic heterocycles. The molecule has 0 spiro atoms. The number of hydrogen-bond donors (Lipinski definition) is 0. The number of para-hydroxylation sites is 2. The van der Waals surface area contributed by atoms with Gasteiger partial charge in [0.2, 0.25) is 0 Å². The molecule has 0 bridgehead atoms. The molecule has 6 nitrogen and oxygen atoms in total. The lowest BCUT2D eigenvalue weighted by molar-refractivity contribution is 0.420. The first kappa shape index (κ1) is 11.3. The van der Waals surface area contributed by atoms with Crippen molar-refractivity contribution in [2.75, 3.05) is 7.11 Å². The maximum absolute atomic E-state index is 8.55. The molecule has 2 aromatic carbocycles. The van der Waals surface area contributed by atoms with Gasteiger partial charge in [0.15, 0.2) is 5.75 Å². The molecule has 19 heavy (non-hydrogen) atoms. The summed E-state index contributed by atoms with van der Waals surface area (Å²) in [6.07, 6.45) is 0. The third-order valence-electron chi connectivity index (χ3n) is 2.80. The van der Waals surface area contributed by atoms with E-state index in [4.69, 9.17) is 10.3 Å². The highest BCUT2D eigenvalue weighted by Gasteiger charge is 2.10. The van der Waals surface area contributed by atoms with Gasteiger partial charge in [0.1, 0.15) is 5.52 Å². The molecule has 0 radical (unpaired) electrons. The standard InChI is InChI=1S/C13H9N5O/c1-19-13-11(17-18-14)7-6-10-12(13)16-9-5-3-2-4-8(9)15-10/h2-7H,1H3. The minimum Gasteiger partial charge on any atom is -0.494 e. The number of aromatic nitrogens is 2. The zero-order chi connectivity index (χ0) is 13.2. The van der Waals surface area contributed by atoms with E-state index in [-0.39, 0.29) is 0 Å². The summed E-state index contributed by atoms with van der Waals surface area (Å²) in [5.41, 5.74) is 11.8. The van der Waals surface area contributed by atoms with Crippen molar-refractivity contribution in [3.8, 4) is 5.75 Å². The molecule has 0 atom stereocenters. The maximum atomic E-state index is 8.55. The van der Waals surface area contributed by atoms with Crippen LogP contribution in [0.4, 0.5) is 5.69 Å². The molecule has 0 N–H and O–H groups in total. The smallest absolute Gasteiger partial charge is 0.156 e. The van der Waals surface area contributed by atoms with Crippen LogP contribution in [0.25, 0.3) is 32.5 Å². The number of ether oxygens (including phenoxy) is 1. The van der Waals surface area contributed by atoms with Gasteiger partial charge >= 0.3 is 0 Å². The van der Waals surface area contributed by atoms with Crippen molar-refractivity contribution < 1.29 is 4.74 Å². The Morgan fingerprint density at radius 1 is 1.05 bits per heavy atom. The highest BCUT2D eigenvalue weighted by atomic mass is 16.5. The number of methoxy groups -OCH3 is 1. The Morgan fingerprint density at radius 3 is 2.47 bits per heavy atom. The van der Waals surface area contributed by atoms with Crippen molar-refractivity contribution in [2.45, 2.75) is 0 Å². The lowest BCUT2D eigenvalue weighted by atomic mass is 10.2. The molecular weight excluding hydrogens is 242 g/mol. The van der Waals surface area contributed by atoms with E-state index in [0.29, 0.717) is 22.5 Å². The molecule has 0 aliphatic carbocycles. The molecule has 1 aromatic heterocycles. The van der Waals surface area contributed by atoms with Crippen LogP contribution in [0.15, 0.2) is 41.5 Å². The molecular formula is C13H9N5O. The first-order valence-electron chi connectivity index (χ1n) is 5.62. The van der Waals surface area contributed by atoms with E-state index in [0.717, 1.165) is 11.0 Å². The molecule has 92 valence electrons. The summed E-state index contributed by atoms with van der Waals surface area (Å²) in [4.78, 5) is 11.8. The Hall–Kier alpha value is -2.85. The Balaban J connectivity index is 2.43. The average Bonchev–Trinajstić information content (AvgIpc) is 2.45. The van der Waals surface area contributed by atoms with Crippen molar-refractivity contribution in [1.82, 2.24) is 9.97 Å².